The summed E-state index contributed by atoms with van der Waals surface area (Å²) in [6.45, 7) is 0. The molecule has 0 saturated heterocycles. The van der Waals surface area contributed by atoms with Crippen LogP contribution in [0.1, 0.15) is 17.4 Å². The van der Waals surface area contributed by atoms with E-state index in [1.165, 1.54) is 5.38 Å². The first-order valence-electron chi connectivity index (χ1n) is 4.08. The average Bonchev–Trinajstić information content (AvgIpc) is 2.74. The van der Waals surface area contributed by atoms with Crippen LogP contribution >= 0.6 is 11.5 Å². The second-order valence-electron chi connectivity index (χ2n) is 2.90. The minimum Gasteiger partial charge on any atom is -0.382 e. The highest BCUT2D eigenvalue weighted by molar-refractivity contribution is 7.03. The fourth-order valence-corrected chi connectivity index (χ4v) is 1.65. The molecule has 1 unspecified atom stereocenters. The van der Waals surface area contributed by atoms with Gasteiger partial charge in [0, 0.05) is 10.9 Å². The van der Waals surface area contributed by atoms with Gasteiger partial charge in [-0.1, -0.05) is 4.49 Å². The van der Waals surface area contributed by atoms with E-state index in [1.807, 2.05) is 0 Å². The third kappa shape index (κ3) is 2.00. The monoisotopic (exact) mass is 228 g/mol. The lowest BCUT2D eigenvalue weighted by Crippen LogP contribution is -2.03. The highest BCUT2D eigenvalue weighted by atomic mass is 32.1. The molecule has 6 heteroatoms. The van der Waals surface area contributed by atoms with Crippen molar-refractivity contribution in [2.45, 2.75) is 6.10 Å². The van der Waals surface area contributed by atoms with E-state index >= 15 is 0 Å². The van der Waals surface area contributed by atoms with Crippen LogP contribution in [0.5, 0.6) is 0 Å². The number of halogens is 2. The number of rotatable bonds is 2. The molecule has 2 aromatic rings. The van der Waals surface area contributed by atoms with E-state index in [1.54, 1.807) is 0 Å². The van der Waals surface area contributed by atoms with E-state index < -0.39 is 17.7 Å². The van der Waals surface area contributed by atoms with Gasteiger partial charge in [0.15, 0.2) is 0 Å². The lowest BCUT2D eigenvalue weighted by atomic mass is 10.1. The Labute approximate surface area is 88.2 Å². The van der Waals surface area contributed by atoms with Crippen molar-refractivity contribution in [2.75, 3.05) is 0 Å². The van der Waals surface area contributed by atoms with Crippen LogP contribution in [0.15, 0.2) is 23.6 Å². The maximum Gasteiger partial charge on any atom is 0.129 e. The Hall–Kier alpha value is -1.40. The van der Waals surface area contributed by atoms with Gasteiger partial charge in [-0.05, 0) is 29.7 Å². The standard InChI is InChI=1S/C9H6F2N2OS/c10-5-1-2-7(11)6(3-5)9(14)8-4-15-13-12-8/h1-4,9,14H. The van der Waals surface area contributed by atoms with Gasteiger partial charge in [0.2, 0.25) is 0 Å². The van der Waals surface area contributed by atoms with Crippen molar-refractivity contribution in [2.24, 2.45) is 0 Å². The average molecular weight is 228 g/mol. The highest BCUT2D eigenvalue weighted by Crippen LogP contribution is 2.23. The Morgan fingerprint density at radius 3 is 2.80 bits per heavy atom. The highest BCUT2D eigenvalue weighted by Gasteiger charge is 2.17. The zero-order valence-corrected chi connectivity index (χ0v) is 8.21. The molecule has 0 saturated carbocycles. The van der Waals surface area contributed by atoms with E-state index in [0.29, 0.717) is 0 Å². The molecule has 0 spiro atoms. The number of hydrogen-bond acceptors (Lipinski definition) is 4. The van der Waals surface area contributed by atoms with Crippen molar-refractivity contribution in [3.8, 4) is 0 Å². The van der Waals surface area contributed by atoms with E-state index in [-0.39, 0.29) is 11.3 Å². The minimum atomic E-state index is -1.28. The lowest BCUT2D eigenvalue weighted by Gasteiger charge is -2.08. The van der Waals surface area contributed by atoms with Crippen LogP contribution in [0.2, 0.25) is 0 Å². The third-order valence-electron chi connectivity index (χ3n) is 1.91. The predicted molar refractivity (Wildman–Crippen MR) is 50.3 cm³/mol. The number of aliphatic hydroxyl groups is 1. The summed E-state index contributed by atoms with van der Waals surface area (Å²) in [6, 6.07) is 2.90. The zero-order valence-electron chi connectivity index (χ0n) is 7.39. The molecule has 3 nitrogen and oxygen atoms in total. The minimum absolute atomic E-state index is 0.136. The summed E-state index contributed by atoms with van der Waals surface area (Å²) < 4.78 is 29.6. The Morgan fingerprint density at radius 2 is 2.13 bits per heavy atom. The van der Waals surface area contributed by atoms with Gasteiger partial charge in [-0.2, -0.15) is 0 Å². The van der Waals surface area contributed by atoms with E-state index in [4.69, 9.17) is 0 Å². The maximum absolute atomic E-state index is 13.2. The first kappa shape index (κ1) is 10.1. The van der Waals surface area contributed by atoms with Gasteiger partial charge in [-0.15, -0.1) is 5.10 Å². The smallest absolute Gasteiger partial charge is 0.129 e. The summed E-state index contributed by atoms with van der Waals surface area (Å²) in [5.41, 5.74) is 0.0761. The summed E-state index contributed by atoms with van der Waals surface area (Å²) in [4.78, 5) is 0. The summed E-state index contributed by atoms with van der Waals surface area (Å²) >= 11 is 1.04. The summed E-state index contributed by atoms with van der Waals surface area (Å²) in [7, 11) is 0. The Bertz CT molecular complexity index is 461. The van der Waals surface area contributed by atoms with Crippen LogP contribution in [0.3, 0.4) is 0 Å². The third-order valence-corrected chi connectivity index (χ3v) is 2.43. The normalized spacial score (nSPS) is 12.7. The van der Waals surface area contributed by atoms with Crippen LogP contribution in [-0.2, 0) is 0 Å². The molecule has 1 aromatic carbocycles. The van der Waals surface area contributed by atoms with Crippen LogP contribution in [0.25, 0.3) is 0 Å². The molecule has 2 rings (SSSR count). The zero-order chi connectivity index (χ0) is 10.8. The molecule has 0 radical (unpaired) electrons. The number of nitrogens with zero attached hydrogens (tertiary/aromatic N) is 2. The second kappa shape index (κ2) is 4.00. The van der Waals surface area contributed by atoms with Crippen molar-refractivity contribution < 1.29 is 13.9 Å². The first-order chi connectivity index (χ1) is 7.18. The Balaban J connectivity index is 2.41. The molecule has 1 atom stereocenters. The number of aliphatic hydroxyl groups excluding tert-OH is 1. The van der Waals surface area contributed by atoms with Crippen LogP contribution in [0, 0.1) is 11.6 Å². The van der Waals surface area contributed by atoms with Gasteiger partial charge >= 0.3 is 0 Å². The van der Waals surface area contributed by atoms with Crippen molar-refractivity contribution in [3.63, 3.8) is 0 Å². The number of hydrogen-bond donors (Lipinski definition) is 1. The van der Waals surface area contributed by atoms with Gasteiger partial charge in [-0.25, -0.2) is 8.78 Å². The summed E-state index contributed by atoms with van der Waals surface area (Å²) in [5, 5.41) is 14.8. The van der Waals surface area contributed by atoms with Crippen LogP contribution in [0.4, 0.5) is 8.78 Å². The molecule has 1 heterocycles. The number of benzene rings is 1. The lowest BCUT2D eigenvalue weighted by molar-refractivity contribution is 0.209. The van der Waals surface area contributed by atoms with Gasteiger partial charge in [-0.3, -0.25) is 0 Å². The van der Waals surface area contributed by atoms with Crippen LogP contribution in [-0.4, -0.2) is 14.7 Å². The van der Waals surface area contributed by atoms with E-state index in [9.17, 15) is 13.9 Å². The van der Waals surface area contributed by atoms with Crippen molar-refractivity contribution in [3.05, 3.63) is 46.5 Å². The molecular formula is C9H6F2N2OS. The topological polar surface area (TPSA) is 46.0 Å². The molecule has 0 aliphatic rings. The molecule has 0 bridgehead atoms. The fraction of sp³-hybridized carbons (Fsp3) is 0.111. The van der Waals surface area contributed by atoms with Crippen LogP contribution < -0.4 is 0 Å². The van der Waals surface area contributed by atoms with Gasteiger partial charge < -0.3 is 5.11 Å². The van der Waals surface area contributed by atoms with Gasteiger partial charge in [0.05, 0.1) is 0 Å². The molecule has 0 amide bonds. The molecule has 15 heavy (non-hydrogen) atoms. The van der Waals surface area contributed by atoms with Crippen molar-refractivity contribution >= 4 is 11.5 Å². The maximum atomic E-state index is 13.2. The quantitative estimate of drug-likeness (QED) is 0.853. The predicted octanol–water partition coefficient (Wildman–Crippen LogP) is 1.90. The molecule has 0 aliphatic carbocycles. The first-order valence-corrected chi connectivity index (χ1v) is 4.92. The fourth-order valence-electron chi connectivity index (χ4n) is 1.17. The van der Waals surface area contributed by atoms with Gasteiger partial charge in [0.25, 0.3) is 0 Å². The van der Waals surface area contributed by atoms with Crippen molar-refractivity contribution in [1.29, 1.82) is 0 Å². The molecular weight excluding hydrogens is 222 g/mol. The van der Waals surface area contributed by atoms with Gasteiger partial charge in [0.1, 0.15) is 23.4 Å². The van der Waals surface area contributed by atoms with E-state index in [2.05, 4.69) is 9.59 Å². The molecule has 0 fully saturated rings. The summed E-state index contributed by atoms with van der Waals surface area (Å²) in [5.74, 6) is -1.27. The van der Waals surface area contributed by atoms with Crippen molar-refractivity contribution in [1.82, 2.24) is 9.59 Å². The SMILES string of the molecule is OC(c1csnn1)c1cc(F)ccc1F. The molecule has 1 aromatic heterocycles. The number of aromatic nitrogens is 2. The molecule has 1 N–H and O–H groups in total. The molecule has 0 aliphatic heterocycles. The molecule has 78 valence electrons. The Morgan fingerprint density at radius 1 is 1.33 bits per heavy atom. The van der Waals surface area contributed by atoms with E-state index in [0.717, 1.165) is 29.7 Å². The Kier molecular flexibility index (Phi) is 2.70. The largest absolute Gasteiger partial charge is 0.382 e. The second-order valence-corrected chi connectivity index (χ2v) is 3.51. The summed E-state index contributed by atoms with van der Waals surface area (Å²) in [6.07, 6.45) is -1.28.